The van der Waals surface area contributed by atoms with Gasteiger partial charge in [0.1, 0.15) is 12.4 Å². The summed E-state index contributed by atoms with van der Waals surface area (Å²) in [4.78, 5) is 16.5. The number of carbonyl (C=O) groups excluding carboxylic acids is 1. The van der Waals surface area contributed by atoms with E-state index in [4.69, 9.17) is 14.2 Å². The predicted octanol–water partition coefficient (Wildman–Crippen LogP) is 5.91. The average Bonchev–Trinajstić information content (AvgIpc) is 3.14. The summed E-state index contributed by atoms with van der Waals surface area (Å²) < 4.78 is 31.6. The van der Waals surface area contributed by atoms with Crippen LogP contribution in [-0.2, 0) is 16.1 Å². The predicted molar refractivity (Wildman–Crippen MR) is 123 cm³/mol. The van der Waals surface area contributed by atoms with E-state index in [2.05, 4.69) is 20.9 Å². The number of halogens is 2. The molecule has 0 bridgehead atoms. The second-order valence-electron chi connectivity index (χ2n) is 6.85. The molecule has 32 heavy (non-hydrogen) atoms. The molecule has 5 nitrogen and oxygen atoms in total. The van der Waals surface area contributed by atoms with Crippen LogP contribution in [0.2, 0.25) is 0 Å². The molecule has 3 aromatic carbocycles. The highest BCUT2D eigenvalue weighted by Gasteiger charge is 2.26. The van der Waals surface area contributed by atoms with Gasteiger partial charge in [-0.25, -0.2) is 14.2 Å². The minimum absolute atomic E-state index is 0.0636. The van der Waals surface area contributed by atoms with Crippen molar-refractivity contribution in [3.63, 3.8) is 0 Å². The molecule has 162 valence electrons. The Labute approximate surface area is 193 Å². The van der Waals surface area contributed by atoms with Crippen LogP contribution in [-0.4, -0.2) is 18.5 Å². The third-order valence-corrected chi connectivity index (χ3v) is 5.17. The van der Waals surface area contributed by atoms with Crippen LogP contribution in [0.3, 0.4) is 0 Å². The van der Waals surface area contributed by atoms with Crippen LogP contribution in [0.5, 0.6) is 11.5 Å². The molecule has 0 aromatic heterocycles. The van der Waals surface area contributed by atoms with Gasteiger partial charge >= 0.3 is 5.97 Å². The lowest BCUT2D eigenvalue weighted by Crippen LogP contribution is -2.07. The van der Waals surface area contributed by atoms with Crippen molar-refractivity contribution in [3.05, 3.63) is 99.4 Å². The minimum atomic E-state index is -0.651. The maximum Gasteiger partial charge on any atom is 0.363 e. The molecule has 0 fully saturated rings. The normalized spacial score (nSPS) is 14.3. The van der Waals surface area contributed by atoms with Crippen molar-refractivity contribution in [1.29, 1.82) is 0 Å². The highest BCUT2D eigenvalue weighted by atomic mass is 79.9. The second-order valence-corrected chi connectivity index (χ2v) is 7.71. The first-order chi connectivity index (χ1) is 15.5. The fraction of sp³-hybridized carbons (Fsp3) is 0.120. The van der Waals surface area contributed by atoms with Gasteiger partial charge in [-0.3, -0.25) is 0 Å². The minimum Gasteiger partial charge on any atom is -0.490 e. The zero-order chi connectivity index (χ0) is 22.5. The Morgan fingerprint density at radius 2 is 1.81 bits per heavy atom. The van der Waals surface area contributed by atoms with Crippen LogP contribution in [0, 0.1) is 5.82 Å². The van der Waals surface area contributed by atoms with Crippen LogP contribution in [0.15, 0.2) is 81.9 Å². The summed E-state index contributed by atoms with van der Waals surface area (Å²) in [5.74, 6) is -0.147. The number of ether oxygens (including phenoxy) is 3. The standard InChI is InChI=1S/C25H19BrFNO4/c1-2-30-22-14-17(12-19(26)23(22)31-15-16-8-4-3-5-9-16)13-21-25(29)32-24(28-21)18-10-6-7-11-20(18)27/h3-14H,2,15H2,1H3/b21-13-. The van der Waals surface area contributed by atoms with Gasteiger partial charge in [-0.1, -0.05) is 42.5 Å². The van der Waals surface area contributed by atoms with Gasteiger partial charge in [0, 0.05) is 0 Å². The summed E-state index contributed by atoms with van der Waals surface area (Å²) in [5, 5.41) is 0. The molecule has 0 aliphatic carbocycles. The van der Waals surface area contributed by atoms with Crippen LogP contribution >= 0.6 is 15.9 Å². The highest BCUT2D eigenvalue weighted by molar-refractivity contribution is 9.10. The van der Waals surface area contributed by atoms with E-state index in [-0.39, 0.29) is 17.2 Å². The van der Waals surface area contributed by atoms with Crippen molar-refractivity contribution in [3.8, 4) is 11.5 Å². The number of rotatable bonds is 7. The third kappa shape index (κ3) is 4.89. The van der Waals surface area contributed by atoms with Crippen molar-refractivity contribution >= 4 is 33.9 Å². The molecule has 4 rings (SSSR count). The van der Waals surface area contributed by atoms with Gasteiger partial charge in [0.2, 0.25) is 5.90 Å². The molecular formula is C25H19BrFNO4. The maximum atomic E-state index is 14.0. The smallest absolute Gasteiger partial charge is 0.363 e. The van der Waals surface area contributed by atoms with E-state index in [0.717, 1.165) is 5.56 Å². The number of hydrogen-bond acceptors (Lipinski definition) is 5. The molecular weight excluding hydrogens is 477 g/mol. The van der Waals surface area contributed by atoms with Crippen LogP contribution in [0.1, 0.15) is 23.6 Å². The Bertz CT molecular complexity index is 1210. The molecule has 1 aliphatic rings. The lowest BCUT2D eigenvalue weighted by Gasteiger charge is -2.15. The van der Waals surface area contributed by atoms with Gasteiger partial charge in [-0.05, 0) is 64.3 Å². The molecule has 3 aromatic rings. The number of carbonyl (C=O) groups is 1. The molecule has 0 spiro atoms. The molecule has 0 N–H and O–H groups in total. The van der Waals surface area contributed by atoms with E-state index < -0.39 is 11.8 Å². The van der Waals surface area contributed by atoms with E-state index in [1.165, 1.54) is 12.1 Å². The zero-order valence-electron chi connectivity index (χ0n) is 17.2. The Balaban J connectivity index is 1.63. The summed E-state index contributed by atoms with van der Waals surface area (Å²) in [6, 6.07) is 19.3. The molecule has 7 heteroatoms. The van der Waals surface area contributed by atoms with Gasteiger partial charge in [0.15, 0.2) is 17.2 Å². The number of nitrogens with zero attached hydrogens (tertiary/aromatic N) is 1. The Morgan fingerprint density at radius 3 is 2.56 bits per heavy atom. The summed E-state index contributed by atoms with van der Waals surface area (Å²) in [6.07, 6.45) is 1.56. The summed E-state index contributed by atoms with van der Waals surface area (Å²) in [6.45, 7) is 2.69. The lowest BCUT2D eigenvalue weighted by atomic mass is 10.1. The summed E-state index contributed by atoms with van der Waals surface area (Å²) >= 11 is 3.53. The molecule has 0 amide bonds. The molecule has 0 atom stereocenters. The first kappa shape index (κ1) is 21.8. The van der Waals surface area contributed by atoms with E-state index in [1.807, 2.05) is 37.3 Å². The van der Waals surface area contributed by atoms with Gasteiger partial charge in [-0.15, -0.1) is 0 Å². The molecule has 0 radical (unpaired) electrons. The van der Waals surface area contributed by atoms with E-state index in [9.17, 15) is 9.18 Å². The van der Waals surface area contributed by atoms with Gasteiger partial charge in [-0.2, -0.15) is 0 Å². The van der Waals surface area contributed by atoms with Crippen molar-refractivity contribution in [2.45, 2.75) is 13.5 Å². The van der Waals surface area contributed by atoms with Crippen LogP contribution in [0.25, 0.3) is 6.08 Å². The van der Waals surface area contributed by atoms with Gasteiger partial charge in [0.05, 0.1) is 16.6 Å². The lowest BCUT2D eigenvalue weighted by molar-refractivity contribution is -0.129. The molecule has 1 aliphatic heterocycles. The quantitative estimate of drug-likeness (QED) is 0.302. The third-order valence-electron chi connectivity index (χ3n) is 4.59. The second kappa shape index (κ2) is 9.78. The molecule has 0 saturated carbocycles. The van der Waals surface area contributed by atoms with Crippen molar-refractivity contribution in [2.24, 2.45) is 4.99 Å². The molecule has 1 heterocycles. The van der Waals surface area contributed by atoms with E-state index >= 15 is 0 Å². The first-order valence-corrected chi connectivity index (χ1v) is 10.7. The fourth-order valence-electron chi connectivity index (χ4n) is 3.12. The summed E-state index contributed by atoms with van der Waals surface area (Å²) in [7, 11) is 0. The molecule has 0 saturated heterocycles. The Hall–Kier alpha value is -3.45. The largest absolute Gasteiger partial charge is 0.490 e. The van der Waals surface area contributed by atoms with Crippen molar-refractivity contribution in [2.75, 3.05) is 6.61 Å². The highest BCUT2D eigenvalue weighted by Crippen LogP contribution is 2.38. The zero-order valence-corrected chi connectivity index (χ0v) is 18.8. The molecule has 0 unspecified atom stereocenters. The van der Waals surface area contributed by atoms with Gasteiger partial charge in [0.25, 0.3) is 0 Å². The van der Waals surface area contributed by atoms with E-state index in [1.54, 1.807) is 30.3 Å². The Morgan fingerprint density at radius 1 is 1.06 bits per heavy atom. The monoisotopic (exact) mass is 495 g/mol. The van der Waals surface area contributed by atoms with E-state index in [0.29, 0.717) is 34.7 Å². The first-order valence-electron chi connectivity index (χ1n) is 9.95. The van der Waals surface area contributed by atoms with Crippen LogP contribution < -0.4 is 9.47 Å². The summed E-state index contributed by atoms with van der Waals surface area (Å²) in [5.41, 5.74) is 1.87. The fourth-order valence-corrected chi connectivity index (χ4v) is 3.70. The van der Waals surface area contributed by atoms with Crippen LogP contribution in [0.4, 0.5) is 4.39 Å². The van der Waals surface area contributed by atoms with Crippen molar-refractivity contribution < 1.29 is 23.4 Å². The SMILES string of the molecule is CCOc1cc(/C=C2\N=C(c3ccccc3F)OC2=O)cc(Br)c1OCc1ccccc1. The van der Waals surface area contributed by atoms with Gasteiger partial charge < -0.3 is 14.2 Å². The number of benzene rings is 3. The Kier molecular flexibility index (Phi) is 6.66. The topological polar surface area (TPSA) is 57.1 Å². The number of aliphatic imine (C=N–C) groups is 1. The average molecular weight is 496 g/mol. The number of hydrogen-bond donors (Lipinski definition) is 0. The maximum absolute atomic E-state index is 14.0. The number of cyclic esters (lactones) is 1. The van der Waals surface area contributed by atoms with Crippen molar-refractivity contribution in [1.82, 2.24) is 0 Å². The number of esters is 1.